The van der Waals surface area contributed by atoms with E-state index >= 15 is 0 Å². The fourth-order valence-electron chi connectivity index (χ4n) is 3.05. The number of para-hydroxylation sites is 1. The SMILES string of the molecule is [Cu+2].[O-]/C(=N\N=C\c1ccccc1[O-])c1ccccc1.c1cnc2c(c1)ccc1cccnc12. The summed E-state index contributed by atoms with van der Waals surface area (Å²) in [5.41, 5.74) is 2.82. The van der Waals surface area contributed by atoms with Gasteiger partial charge in [0.1, 0.15) is 0 Å². The molecule has 2 aromatic heterocycles. The molecule has 0 aliphatic heterocycles. The molecule has 0 atom stereocenters. The van der Waals surface area contributed by atoms with E-state index in [2.05, 4.69) is 44.4 Å². The second-order valence-corrected chi connectivity index (χ2v) is 6.77. The average molecular weight is 482 g/mol. The maximum Gasteiger partial charge on any atom is 2.00 e. The summed E-state index contributed by atoms with van der Waals surface area (Å²) in [6.07, 6.45) is 4.88. The number of hydrogen-bond donors (Lipinski definition) is 0. The van der Waals surface area contributed by atoms with Crippen molar-refractivity contribution in [3.05, 3.63) is 115 Å². The summed E-state index contributed by atoms with van der Waals surface area (Å²) >= 11 is 0. The molecule has 5 aromatic rings. The summed E-state index contributed by atoms with van der Waals surface area (Å²) in [6, 6.07) is 27.2. The maximum atomic E-state index is 11.6. The molecule has 0 aliphatic rings. The third kappa shape index (κ3) is 6.01. The van der Waals surface area contributed by atoms with E-state index in [0.29, 0.717) is 11.1 Å². The van der Waals surface area contributed by atoms with E-state index in [4.69, 9.17) is 0 Å². The Labute approximate surface area is 201 Å². The summed E-state index contributed by atoms with van der Waals surface area (Å²) in [5.74, 6) is -0.584. The standard InChI is InChI=1S/C14H12N2O2.C12H8N2.Cu/c17-13-9-5-4-8-12(13)10-15-16-14(18)11-6-2-1-3-7-11;1-3-9-5-6-10-4-2-8-14-12(10)11(9)13-7-1;/h1-10,17H,(H,16,18);1-8H;/q;;+2/p-2/b15-10+;;. The molecule has 1 radical (unpaired) electrons. The number of nitrogens with zero attached hydrogens (tertiary/aromatic N) is 4. The van der Waals surface area contributed by atoms with E-state index < -0.39 is 5.90 Å². The van der Waals surface area contributed by atoms with Crippen molar-refractivity contribution < 1.29 is 27.3 Å². The normalized spacial score (nSPS) is 11.1. The van der Waals surface area contributed by atoms with E-state index in [-0.39, 0.29) is 22.8 Å². The van der Waals surface area contributed by atoms with Crippen LogP contribution < -0.4 is 10.2 Å². The second kappa shape index (κ2) is 11.5. The fraction of sp³-hybridized carbons (Fsp3) is 0. The molecule has 0 saturated heterocycles. The molecule has 0 fully saturated rings. The van der Waals surface area contributed by atoms with Crippen LogP contribution in [0.15, 0.2) is 114 Å². The Morgan fingerprint density at radius 1 is 0.697 bits per heavy atom. The monoisotopic (exact) mass is 481 g/mol. The third-order valence-corrected chi connectivity index (χ3v) is 4.63. The fourth-order valence-corrected chi connectivity index (χ4v) is 3.05. The van der Waals surface area contributed by atoms with E-state index in [1.165, 1.54) is 12.3 Å². The van der Waals surface area contributed by atoms with Crippen LogP contribution in [-0.4, -0.2) is 22.1 Å². The molecule has 0 bridgehead atoms. The minimum atomic E-state index is -0.435. The first-order valence-electron chi connectivity index (χ1n) is 9.90. The summed E-state index contributed by atoms with van der Waals surface area (Å²) in [4.78, 5) is 8.69. The Kier molecular flexibility index (Phi) is 8.24. The van der Waals surface area contributed by atoms with E-state index in [0.717, 1.165) is 21.8 Å². The van der Waals surface area contributed by atoms with Crippen molar-refractivity contribution in [3.8, 4) is 5.75 Å². The number of benzene rings is 3. The van der Waals surface area contributed by atoms with Crippen LogP contribution in [0.2, 0.25) is 0 Å². The molecule has 33 heavy (non-hydrogen) atoms. The van der Waals surface area contributed by atoms with Gasteiger partial charge in [-0.15, -0.1) is 0 Å². The van der Waals surface area contributed by atoms with Crippen molar-refractivity contribution >= 4 is 33.9 Å². The maximum absolute atomic E-state index is 11.6. The van der Waals surface area contributed by atoms with Crippen LogP contribution in [0.3, 0.4) is 0 Å². The van der Waals surface area contributed by atoms with Crippen LogP contribution in [0.25, 0.3) is 21.8 Å². The molecule has 6 nitrogen and oxygen atoms in total. The van der Waals surface area contributed by atoms with Crippen LogP contribution in [0.1, 0.15) is 11.1 Å². The van der Waals surface area contributed by atoms with Gasteiger partial charge >= 0.3 is 17.1 Å². The summed E-state index contributed by atoms with van der Waals surface area (Å²) < 4.78 is 0. The topological polar surface area (TPSA) is 96.6 Å². The van der Waals surface area contributed by atoms with Crippen LogP contribution in [-0.2, 0) is 17.1 Å². The van der Waals surface area contributed by atoms with Gasteiger partial charge in [0, 0.05) is 29.1 Å². The molecule has 7 heteroatoms. The second-order valence-electron chi connectivity index (χ2n) is 6.77. The van der Waals surface area contributed by atoms with Gasteiger partial charge in [-0.05, 0) is 23.3 Å². The van der Waals surface area contributed by atoms with Gasteiger partial charge in [-0.2, -0.15) is 10.2 Å². The summed E-state index contributed by atoms with van der Waals surface area (Å²) in [7, 11) is 0. The van der Waals surface area contributed by atoms with Crippen LogP contribution in [0, 0.1) is 0 Å². The quantitative estimate of drug-likeness (QED) is 0.129. The molecule has 0 spiro atoms. The minimum Gasteiger partial charge on any atom is -0.872 e. The van der Waals surface area contributed by atoms with Crippen molar-refractivity contribution in [3.63, 3.8) is 0 Å². The molecule has 0 saturated carbocycles. The van der Waals surface area contributed by atoms with Crippen molar-refractivity contribution in [2.24, 2.45) is 10.2 Å². The first-order chi connectivity index (χ1) is 15.7. The smallest absolute Gasteiger partial charge is 0.872 e. The van der Waals surface area contributed by atoms with Gasteiger partial charge in [0.2, 0.25) is 0 Å². The van der Waals surface area contributed by atoms with Crippen molar-refractivity contribution in [1.29, 1.82) is 0 Å². The van der Waals surface area contributed by atoms with E-state index in [1.807, 2.05) is 18.2 Å². The van der Waals surface area contributed by atoms with Gasteiger partial charge in [-0.25, -0.2) is 0 Å². The van der Waals surface area contributed by atoms with Crippen LogP contribution in [0.5, 0.6) is 5.75 Å². The zero-order valence-electron chi connectivity index (χ0n) is 17.3. The third-order valence-electron chi connectivity index (χ3n) is 4.63. The Hall–Kier alpha value is -4.06. The zero-order chi connectivity index (χ0) is 22.2. The Morgan fingerprint density at radius 2 is 1.27 bits per heavy atom. The van der Waals surface area contributed by atoms with E-state index in [1.54, 1.807) is 54.9 Å². The number of rotatable bonds is 3. The Balaban J connectivity index is 0.000000185. The van der Waals surface area contributed by atoms with Gasteiger partial charge < -0.3 is 10.2 Å². The molecule has 3 aromatic carbocycles. The predicted octanol–water partition coefficient (Wildman–Crippen LogP) is 3.68. The number of pyridine rings is 2. The number of aromatic nitrogens is 2. The molecule has 165 valence electrons. The number of fused-ring (bicyclic) bond motifs is 3. The molecule has 2 heterocycles. The Morgan fingerprint density at radius 3 is 1.88 bits per heavy atom. The van der Waals surface area contributed by atoms with Gasteiger partial charge in [-0.1, -0.05) is 84.6 Å². The average Bonchev–Trinajstić information content (AvgIpc) is 2.86. The van der Waals surface area contributed by atoms with Gasteiger partial charge in [0.25, 0.3) is 0 Å². The zero-order valence-corrected chi connectivity index (χ0v) is 18.2. The van der Waals surface area contributed by atoms with Crippen molar-refractivity contribution in [1.82, 2.24) is 9.97 Å². The first-order valence-corrected chi connectivity index (χ1v) is 9.90. The Bertz CT molecular complexity index is 1350. The van der Waals surface area contributed by atoms with Gasteiger partial charge in [-0.3, -0.25) is 9.97 Å². The molecular weight excluding hydrogens is 464 g/mol. The molecule has 0 aliphatic carbocycles. The predicted molar refractivity (Wildman–Crippen MR) is 124 cm³/mol. The molecule has 0 N–H and O–H groups in total. The number of hydrogen-bond acceptors (Lipinski definition) is 6. The molecule has 5 rings (SSSR count). The molecular formula is C26H18CuN4O2. The van der Waals surface area contributed by atoms with Crippen LogP contribution in [0.4, 0.5) is 0 Å². The first kappa shape index (κ1) is 23.6. The molecule has 0 amide bonds. The van der Waals surface area contributed by atoms with Crippen molar-refractivity contribution in [2.45, 2.75) is 0 Å². The largest absolute Gasteiger partial charge is 2.00 e. The van der Waals surface area contributed by atoms with Crippen LogP contribution >= 0.6 is 0 Å². The van der Waals surface area contributed by atoms with E-state index in [9.17, 15) is 10.2 Å². The summed E-state index contributed by atoms with van der Waals surface area (Å²) in [6.45, 7) is 0. The van der Waals surface area contributed by atoms with Gasteiger partial charge in [0.05, 0.1) is 17.2 Å². The summed E-state index contributed by atoms with van der Waals surface area (Å²) in [5, 5.41) is 32.3. The van der Waals surface area contributed by atoms with Gasteiger partial charge in [0.15, 0.2) is 0 Å². The van der Waals surface area contributed by atoms with Crippen molar-refractivity contribution in [2.75, 3.05) is 0 Å². The molecule has 0 unspecified atom stereocenters. The minimum absolute atomic E-state index is 0.